The molecular weight excluding hydrogens is 598 g/mol. The molecule has 0 aliphatic carbocycles. The van der Waals surface area contributed by atoms with Gasteiger partial charge in [-0.2, -0.15) is 0 Å². The molecule has 46 heavy (non-hydrogen) atoms. The third-order valence-corrected chi connectivity index (χ3v) is 12.3. The van der Waals surface area contributed by atoms with E-state index in [1.807, 2.05) is 0 Å². The quantitative estimate of drug-likeness (QED) is 0.147. The molecule has 2 nitrogen and oxygen atoms in total. The molecule has 0 aliphatic rings. The first-order valence-corrected chi connectivity index (χ1v) is 18.2. The van der Waals surface area contributed by atoms with Crippen LogP contribution in [-0.2, 0) is 0 Å². The Kier molecular flexibility index (Phi) is 9.70. The molecule has 6 rings (SSSR count). The predicted octanol–water partition coefficient (Wildman–Crippen LogP) is 10.1. The minimum absolute atomic E-state index is 0.920. The highest BCUT2D eigenvalue weighted by Crippen LogP contribution is 2.52. The standard InChI is InChI=1S/C42H40O2P2/c1-29-27-31(3)41(43-45(35-19-11-7-12-20-35)36-21-13-8-14-22-36)39(33(29)5)40-34(6)30(2)28-32(4)42(40)44-46(37-23-15-9-16-24-37)38-25-17-10-18-26-38/h7-28H,1-6H3. The second-order valence-corrected chi connectivity index (χ2v) is 15.4. The first kappa shape index (κ1) is 31.7. The van der Waals surface area contributed by atoms with Crippen LogP contribution in [0.1, 0.15) is 33.4 Å². The number of rotatable bonds is 9. The van der Waals surface area contributed by atoms with Gasteiger partial charge < -0.3 is 9.05 Å². The molecule has 0 aliphatic heterocycles. The summed E-state index contributed by atoms with van der Waals surface area (Å²) in [7, 11) is -2.26. The van der Waals surface area contributed by atoms with Crippen LogP contribution >= 0.6 is 16.3 Å². The summed E-state index contributed by atoms with van der Waals surface area (Å²) in [5.74, 6) is 1.84. The van der Waals surface area contributed by atoms with Crippen LogP contribution in [0.2, 0.25) is 0 Å². The summed E-state index contributed by atoms with van der Waals surface area (Å²) in [4.78, 5) is 0. The van der Waals surface area contributed by atoms with Gasteiger partial charge in [0.05, 0.1) is 0 Å². The van der Waals surface area contributed by atoms with Gasteiger partial charge in [0.2, 0.25) is 0 Å². The first-order valence-electron chi connectivity index (χ1n) is 15.7. The van der Waals surface area contributed by atoms with E-state index in [2.05, 4.69) is 175 Å². The van der Waals surface area contributed by atoms with Crippen molar-refractivity contribution in [2.24, 2.45) is 0 Å². The van der Waals surface area contributed by atoms with Crippen LogP contribution < -0.4 is 30.3 Å². The van der Waals surface area contributed by atoms with E-state index in [0.717, 1.165) is 33.8 Å². The van der Waals surface area contributed by atoms with E-state index in [1.54, 1.807) is 0 Å². The molecule has 0 radical (unpaired) electrons. The maximum atomic E-state index is 7.32. The SMILES string of the molecule is Cc1cc(C)c(OP(c2ccccc2)c2ccccc2)c(-c2c(C)c(C)cc(C)c2OP(c2ccccc2)c2ccccc2)c1C. The largest absolute Gasteiger partial charge is 0.464 e. The van der Waals surface area contributed by atoms with Crippen molar-refractivity contribution < 1.29 is 9.05 Å². The average Bonchev–Trinajstić information content (AvgIpc) is 3.09. The van der Waals surface area contributed by atoms with Crippen LogP contribution in [-0.4, -0.2) is 0 Å². The normalized spacial score (nSPS) is 11.2. The Bertz CT molecular complexity index is 1720. The summed E-state index contributed by atoms with van der Waals surface area (Å²) in [6.07, 6.45) is 0. The molecule has 0 saturated carbocycles. The Hall–Kier alpha value is -4.22. The highest BCUT2D eigenvalue weighted by molar-refractivity contribution is 7.69. The third-order valence-electron chi connectivity index (χ3n) is 8.55. The van der Waals surface area contributed by atoms with Gasteiger partial charge in [-0.3, -0.25) is 0 Å². The molecule has 0 N–H and O–H groups in total. The second-order valence-electron chi connectivity index (χ2n) is 11.8. The Morgan fingerprint density at radius 3 is 0.870 bits per heavy atom. The van der Waals surface area contributed by atoms with Gasteiger partial charge in [-0.15, -0.1) is 0 Å². The zero-order valence-electron chi connectivity index (χ0n) is 27.4. The maximum Gasteiger partial charge on any atom is 0.150 e. The van der Waals surface area contributed by atoms with Gasteiger partial charge >= 0.3 is 0 Å². The van der Waals surface area contributed by atoms with Crippen molar-refractivity contribution in [2.45, 2.75) is 41.5 Å². The fourth-order valence-electron chi connectivity index (χ4n) is 5.91. The van der Waals surface area contributed by atoms with Crippen molar-refractivity contribution >= 4 is 37.5 Å². The summed E-state index contributed by atoms with van der Waals surface area (Å²) in [5.41, 5.74) is 9.37. The van der Waals surface area contributed by atoms with E-state index in [0.29, 0.717) is 0 Å². The molecule has 6 aromatic carbocycles. The smallest absolute Gasteiger partial charge is 0.150 e. The number of benzene rings is 6. The van der Waals surface area contributed by atoms with Crippen molar-refractivity contribution in [1.82, 2.24) is 0 Å². The topological polar surface area (TPSA) is 18.5 Å². The first-order chi connectivity index (χ1) is 22.3. The summed E-state index contributed by atoms with van der Waals surface area (Å²) < 4.78 is 14.6. The van der Waals surface area contributed by atoms with Gasteiger partial charge in [-0.1, -0.05) is 133 Å². The average molecular weight is 639 g/mol. The number of aryl methyl sites for hydroxylation is 4. The van der Waals surface area contributed by atoms with Gasteiger partial charge in [-0.05, 0) is 74.9 Å². The van der Waals surface area contributed by atoms with Gasteiger partial charge in [0.1, 0.15) is 11.5 Å². The molecular formula is C42H40O2P2. The van der Waals surface area contributed by atoms with E-state index in [-0.39, 0.29) is 0 Å². The van der Waals surface area contributed by atoms with Crippen molar-refractivity contribution in [3.63, 3.8) is 0 Å². The molecule has 4 heteroatoms. The van der Waals surface area contributed by atoms with Gasteiger partial charge in [0.15, 0.2) is 16.3 Å². The van der Waals surface area contributed by atoms with Crippen molar-refractivity contribution in [2.75, 3.05) is 0 Å². The van der Waals surface area contributed by atoms with Crippen LogP contribution in [0, 0.1) is 41.5 Å². The summed E-state index contributed by atoms with van der Waals surface area (Å²) >= 11 is 0. The van der Waals surface area contributed by atoms with Crippen molar-refractivity contribution in [1.29, 1.82) is 0 Å². The monoisotopic (exact) mass is 638 g/mol. The summed E-state index contributed by atoms with van der Waals surface area (Å²) in [5, 5.41) is 4.71. The highest BCUT2D eigenvalue weighted by Gasteiger charge is 2.28. The van der Waals surface area contributed by atoms with Crippen LogP contribution in [0.3, 0.4) is 0 Å². The Balaban J connectivity index is 1.58. The molecule has 0 saturated heterocycles. The van der Waals surface area contributed by atoms with Crippen LogP contribution in [0.25, 0.3) is 11.1 Å². The van der Waals surface area contributed by atoms with E-state index in [1.165, 1.54) is 43.5 Å². The van der Waals surface area contributed by atoms with Crippen molar-refractivity contribution in [3.8, 4) is 22.6 Å². The van der Waals surface area contributed by atoms with E-state index < -0.39 is 16.3 Å². The van der Waals surface area contributed by atoms with Crippen LogP contribution in [0.4, 0.5) is 0 Å². The molecule has 0 bridgehead atoms. The molecule has 6 aromatic rings. The highest BCUT2D eigenvalue weighted by atomic mass is 31.1. The van der Waals surface area contributed by atoms with Crippen LogP contribution in [0.5, 0.6) is 11.5 Å². The maximum absolute atomic E-state index is 7.32. The zero-order valence-corrected chi connectivity index (χ0v) is 29.2. The lowest BCUT2D eigenvalue weighted by Crippen LogP contribution is -2.17. The minimum Gasteiger partial charge on any atom is -0.464 e. The number of hydrogen-bond donors (Lipinski definition) is 0. The van der Waals surface area contributed by atoms with Gasteiger partial charge in [0, 0.05) is 32.3 Å². The molecule has 0 unspecified atom stereocenters. The number of hydrogen-bond acceptors (Lipinski definition) is 2. The fourth-order valence-corrected chi connectivity index (χ4v) is 9.53. The molecule has 0 amide bonds. The van der Waals surface area contributed by atoms with Crippen molar-refractivity contribution in [3.05, 3.63) is 167 Å². The summed E-state index contributed by atoms with van der Waals surface area (Å²) in [6.45, 7) is 13.2. The van der Waals surface area contributed by atoms with Crippen LogP contribution in [0.15, 0.2) is 133 Å². The lowest BCUT2D eigenvalue weighted by atomic mass is 9.87. The molecule has 0 fully saturated rings. The van der Waals surface area contributed by atoms with E-state index in [4.69, 9.17) is 9.05 Å². The van der Waals surface area contributed by atoms with Gasteiger partial charge in [-0.25, -0.2) is 0 Å². The molecule has 0 heterocycles. The molecule has 0 spiro atoms. The van der Waals surface area contributed by atoms with E-state index in [9.17, 15) is 0 Å². The lowest BCUT2D eigenvalue weighted by molar-refractivity contribution is 0.614. The van der Waals surface area contributed by atoms with Gasteiger partial charge in [0.25, 0.3) is 0 Å². The zero-order chi connectivity index (χ0) is 32.2. The Labute approximate surface area is 276 Å². The third kappa shape index (κ3) is 6.52. The fraction of sp³-hybridized carbons (Fsp3) is 0.143. The minimum atomic E-state index is -1.13. The Morgan fingerprint density at radius 2 is 0.609 bits per heavy atom. The molecule has 230 valence electrons. The summed E-state index contributed by atoms with van der Waals surface area (Å²) in [6, 6.07) is 47.0. The lowest BCUT2D eigenvalue weighted by Gasteiger charge is -2.28. The molecule has 0 atom stereocenters. The predicted molar refractivity (Wildman–Crippen MR) is 200 cm³/mol. The Morgan fingerprint density at radius 1 is 0.348 bits per heavy atom. The molecule has 0 aromatic heterocycles. The van der Waals surface area contributed by atoms with E-state index >= 15 is 0 Å². The second kappa shape index (κ2) is 14.0.